The highest BCUT2D eigenvalue weighted by molar-refractivity contribution is 7.81. The van der Waals surface area contributed by atoms with Gasteiger partial charge in [-0.3, -0.25) is 4.79 Å². The Morgan fingerprint density at radius 2 is 2.50 bits per heavy atom. The van der Waals surface area contributed by atoms with Gasteiger partial charge >= 0.3 is 5.97 Å². The van der Waals surface area contributed by atoms with Gasteiger partial charge in [-0.25, -0.2) is 0 Å². The average Bonchev–Trinajstić information content (AvgIpc) is 2.13. The van der Waals surface area contributed by atoms with Crippen molar-refractivity contribution in [3.05, 3.63) is 0 Å². The van der Waals surface area contributed by atoms with Crippen molar-refractivity contribution in [3.63, 3.8) is 0 Å². The molecule has 1 saturated heterocycles. The highest BCUT2D eigenvalue weighted by atomic mass is 32.1. The largest absolute Gasteiger partial charge is 0.481 e. The topological polar surface area (TPSA) is 49.3 Å². The summed E-state index contributed by atoms with van der Waals surface area (Å²) in [5.41, 5.74) is 0. The zero-order valence-electron chi connectivity index (χ0n) is 5.58. The Bertz CT molecular complexity index is 140. The van der Waals surface area contributed by atoms with Crippen LogP contribution in [-0.4, -0.2) is 28.9 Å². The van der Waals surface area contributed by atoms with Crippen molar-refractivity contribution in [2.75, 3.05) is 6.54 Å². The molecule has 2 N–H and O–H groups in total. The predicted molar refractivity (Wildman–Crippen MR) is 41.4 cm³/mol. The van der Waals surface area contributed by atoms with E-state index >= 15 is 0 Å². The molecule has 0 amide bonds. The molecular weight excluding hydrogens is 150 g/mol. The Balaban J connectivity index is 2.24. The van der Waals surface area contributed by atoms with Crippen LogP contribution >= 0.6 is 12.6 Å². The summed E-state index contributed by atoms with van der Waals surface area (Å²) in [5, 5.41) is 11.8. The summed E-state index contributed by atoms with van der Waals surface area (Å²) >= 11 is 4.22. The van der Waals surface area contributed by atoms with Crippen molar-refractivity contribution in [1.82, 2.24) is 5.32 Å². The monoisotopic (exact) mass is 161 g/mol. The standard InChI is InChI=1S/C6H11NO2S/c8-6(9)2-4-1-5(10)3-7-4/h4-5,7,10H,1-3H2,(H,8,9). The fraction of sp³-hybridized carbons (Fsp3) is 0.833. The van der Waals surface area contributed by atoms with Crippen molar-refractivity contribution >= 4 is 18.6 Å². The molecule has 1 heterocycles. The molecule has 2 atom stereocenters. The van der Waals surface area contributed by atoms with Gasteiger partial charge in [0.15, 0.2) is 0 Å². The summed E-state index contributed by atoms with van der Waals surface area (Å²) in [6.07, 6.45) is 1.09. The van der Waals surface area contributed by atoms with Crippen molar-refractivity contribution in [2.24, 2.45) is 0 Å². The predicted octanol–water partition coefficient (Wildman–Crippen LogP) is 0.121. The highest BCUT2D eigenvalue weighted by Gasteiger charge is 2.22. The van der Waals surface area contributed by atoms with Gasteiger partial charge in [0.25, 0.3) is 0 Å². The maximum Gasteiger partial charge on any atom is 0.304 e. The second kappa shape index (κ2) is 3.25. The minimum atomic E-state index is -0.736. The molecule has 1 aliphatic heterocycles. The molecule has 58 valence electrons. The van der Waals surface area contributed by atoms with E-state index in [2.05, 4.69) is 17.9 Å². The van der Waals surface area contributed by atoms with E-state index in [-0.39, 0.29) is 12.5 Å². The summed E-state index contributed by atoms with van der Waals surface area (Å²) < 4.78 is 0. The number of rotatable bonds is 2. The van der Waals surface area contributed by atoms with Crippen LogP contribution in [0.25, 0.3) is 0 Å². The van der Waals surface area contributed by atoms with E-state index in [0.29, 0.717) is 5.25 Å². The van der Waals surface area contributed by atoms with E-state index in [1.54, 1.807) is 0 Å². The molecule has 4 heteroatoms. The van der Waals surface area contributed by atoms with Gasteiger partial charge in [-0.2, -0.15) is 12.6 Å². The van der Waals surface area contributed by atoms with E-state index in [0.717, 1.165) is 13.0 Å². The quantitative estimate of drug-likeness (QED) is 0.504. The van der Waals surface area contributed by atoms with Gasteiger partial charge in [-0.15, -0.1) is 0 Å². The lowest BCUT2D eigenvalue weighted by Gasteiger charge is -2.04. The van der Waals surface area contributed by atoms with Crippen LogP contribution in [0.2, 0.25) is 0 Å². The van der Waals surface area contributed by atoms with E-state index in [4.69, 9.17) is 5.11 Å². The van der Waals surface area contributed by atoms with Crippen LogP contribution in [0.15, 0.2) is 0 Å². The van der Waals surface area contributed by atoms with Gasteiger partial charge in [0.1, 0.15) is 0 Å². The number of thiol groups is 1. The minimum Gasteiger partial charge on any atom is -0.481 e. The van der Waals surface area contributed by atoms with E-state index in [1.807, 2.05) is 0 Å². The van der Waals surface area contributed by atoms with Gasteiger partial charge in [-0.05, 0) is 6.42 Å². The molecule has 3 nitrogen and oxygen atoms in total. The molecule has 1 aliphatic rings. The summed E-state index contributed by atoms with van der Waals surface area (Å²) in [6.45, 7) is 0.834. The Hall–Kier alpha value is -0.220. The second-order valence-corrected chi connectivity index (χ2v) is 3.32. The zero-order chi connectivity index (χ0) is 7.56. The van der Waals surface area contributed by atoms with E-state index < -0.39 is 5.97 Å². The van der Waals surface area contributed by atoms with Crippen molar-refractivity contribution < 1.29 is 9.90 Å². The van der Waals surface area contributed by atoms with Crippen LogP contribution in [0.5, 0.6) is 0 Å². The van der Waals surface area contributed by atoms with Gasteiger partial charge in [0.2, 0.25) is 0 Å². The van der Waals surface area contributed by atoms with Crippen molar-refractivity contribution in [2.45, 2.75) is 24.1 Å². The number of hydrogen-bond acceptors (Lipinski definition) is 3. The molecule has 2 unspecified atom stereocenters. The Morgan fingerprint density at radius 1 is 1.80 bits per heavy atom. The van der Waals surface area contributed by atoms with Crippen LogP contribution in [0.3, 0.4) is 0 Å². The van der Waals surface area contributed by atoms with Gasteiger partial charge in [-0.1, -0.05) is 0 Å². The molecule has 0 bridgehead atoms. The molecule has 0 aliphatic carbocycles. The maximum atomic E-state index is 10.2. The third kappa shape index (κ3) is 2.19. The summed E-state index contributed by atoms with van der Waals surface area (Å²) in [7, 11) is 0. The molecule has 0 radical (unpaired) electrons. The first-order valence-electron chi connectivity index (χ1n) is 3.31. The average molecular weight is 161 g/mol. The van der Waals surface area contributed by atoms with Gasteiger partial charge in [0.05, 0.1) is 6.42 Å². The smallest absolute Gasteiger partial charge is 0.304 e. The number of carboxylic acid groups (broad SMARTS) is 1. The lowest BCUT2D eigenvalue weighted by atomic mass is 10.2. The first-order valence-corrected chi connectivity index (χ1v) is 3.83. The second-order valence-electron chi connectivity index (χ2n) is 2.59. The fourth-order valence-electron chi connectivity index (χ4n) is 1.16. The molecule has 1 fully saturated rings. The van der Waals surface area contributed by atoms with E-state index in [9.17, 15) is 4.79 Å². The van der Waals surface area contributed by atoms with Crippen LogP contribution in [0, 0.1) is 0 Å². The third-order valence-electron chi connectivity index (χ3n) is 1.62. The molecular formula is C6H11NO2S. The van der Waals surface area contributed by atoms with Gasteiger partial charge < -0.3 is 10.4 Å². The highest BCUT2D eigenvalue weighted by Crippen LogP contribution is 2.13. The number of hydrogen-bond donors (Lipinski definition) is 3. The van der Waals surface area contributed by atoms with Crippen molar-refractivity contribution in [1.29, 1.82) is 0 Å². The Morgan fingerprint density at radius 3 is 2.90 bits per heavy atom. The minimum absolute atomic E-state index is 0.139. The molecule has 0 spiro atoms. The Kier molecular flexibility index (Phi) is 2.56. The number of carboxylic acids is 1. The van der Waals surface area contributed by atoms with Crippen LogP contribution in [-0.2, 0) is 4.79 Å². The summed E-state index contributed by atoms with van der Waals surface area (Å²) in [6, 6.07) is 0.139. The zero-order valence-corrected chi connectivity index (χ0v) is 6.47. The van der Waals surface area contributed by atoms with Gasteiger partial charge in [0, 0.05) is 17.8 Å². The normalized spacial score (nSPS) is 32.5. The maximum absolute atomic E-state index is 10.2. The number of aliphatic carboxylic acids is 1. The SMILES string of the molecule is O=C(O)CC1CC(S)CN1. The molecule has 10 heavy (non-hydrogen) atoms. The molecule has 0 aromatic heterocycles. The lowest BCUT2D eigenvalue weighted by Crippen LogP contribution is -2.24. The first-order chi connectivity index (χ1) is 4.68. The van der Waals surface area contributed by atoms with Crippen LogP contribution in [0.1, 0.15) is 12.8 Å². The molecule has 1 rings (SSSR count). The van der Waals surface area contributed by atoms with E-state index in [1.165, 1.54) is 0 Å². The number of carbonyl (C=O) groups is 1. The third-order valence-corrected chi connectivity index (χ3v) is 2.01. The molecule has 0 aromatic rings. The van der Waals surface area contributed by atoms with Crippen LogP contribution in [0.4, 0.5) is 0 Å². The molecule has 0 saturated carbocycles. The number of nitrogens with one attached hydrogen (secondary N) is 1. The first kappa shape index (κ1) is 7.88. The fourth-order valence-corrected chi connectivity index (χ4v) is 1.52. The molecule has 0 aromatic carbocycles. The summed E-state index contributed by atoms with van der Waals surface area (Å²) in [5.74, 6) is -0.736. The van der Waals surface area contributed by atoms with Crippen LogP contribution < -0.4 is 5.32 Å². The Labute approximate surface area is 65.2 Å². The summed E-state index contributed by atoms with van der Waals surface area (Å²) in [4.78, 5) is 10.2. The lowest BCUT2D eigenvalue weighted by molar-refractivity contribution is -0.137. The van der Waals surface area contributed by atoms with Crippen molar-refractivity contribution in [3.8, 4) is 0 Å².